The number of halogens is 2. The van der Waals surface area contributed by atoms with Crippen molar-refractivity contribution in [3.05, 3.63) is 28.0 Å². The first-order valence-electron chi connectivity index (χ1n) is 3.19. The van der Waals surface area contributed by atoms with Crippen molar-refractivity contribution in [3.8, 4) is 0 Å². The first kappa shape index (κ1) is 12.4. The van der Waals surface area contributed by atoms with Gasteiger partial charge in [-0.3, -0.25) is 4.98 Å². The molecule has 0 aliphatic rings. The SMILES string of the molecule is CNCc1nccc(Cl)c1Cl.[Pt]. The first-order chi connectivity index (χ1) is 5.25. The topological polar surface area (TPSA) is 24.9 Å². The van der Waals surface area contributed by atoms with Gasteiger partial charge in [-0.2, -0.15) is 0 Å². The van der Waals surface area contributed by atoms with Gasteiger partial charge in [-0.1, -0.05) is 23.2 Å². The Labute approximate surface area is 95.9 Å². The van der Waals surface area contributed by atoms with Crippen molar-refractivity contribution in [2.75, 3.05) is 7.05 Å². The van der Waals surface area contributed by atoms with Crippen LogP contribution in [-0.2, 0) is 27.6 Å². The minimum Gasteiger partial charge on any atom is -0.314 e. The minimum absolute atomic E-state index is 0. The number of rotatable bonds is 2. The molecule has 70 valence electrons. The van der Waals surface area contributed by atoms with E-state index in [0.717, 1.165) is 5.69 Å². The molecule has 1 aromatic rings. The molecule has 0 saturated heterocycles. The van der Waals surface area contributed by atoms with E-state index in [4.69, 9.17) is 23.2 Å². The molecule has 5 heteroatoms. The molecular formula is C7H8Cl2N2Pt. The number of nitrogens with zero attached hydrogens (tertiary/aromatic N) is 1. The van der Waals surface area contributed by atoms with Crippen LogP contribution in [0.3, 0.4) is 0 Å². The fourth-order valence-electron chi connectivity index (χ4n) is 0.751. The van der Waals surface area contributed by atoms with Crippen LogP contribution in [0.25, 0.3) is 0 Å². The van der Waals surface area contributed by atoms with Crippen LogP contribution in [-0.4, -0.2) is 12.0 Å². The van der Waals surface area contributed by atoms with Gasteiger partial charge in [0, 0.05) is 33.8 Å². The Kier molecular flexibility index (Phi) is 6.11. The first-order valence-corrected chi connectivity index (χ1v) is 3.94. The van der Waals surface area contributed by atoms with Crippen molar-refractivity contribution in [2.45, 2.75) is 6.54 Å². The van der Waals surface area contributed by atoms with Crippen LogP contribution >= 0.6 is 23.2 Å². The maximum atomic E-state index is 5.84. The van der Waals surface area contributed by atoms with Gasteiger partial charge in [0.25, 0.3) is 0 Å². The van der Waals surface area contributed by atoms with Gasteiger partial charge < -0.3 is 5.32 Å². The van der Waals surface area contributed by atoms with Crippen molar-refractivity contribution in [3.63, 3.8) is 0 Å². The van der Waals surface area contributed by atoms with E-state index < -0.39 is 0 Å². The Bertz CT molecular complexity index is 255. The Hall–Kier alpha value is 0.378. The molecule has 0 amide bonds. The zero-order valence-corrected chi connectivity index (χ0v) is 10.2. The number of hydrogen-bond donors (Lipinski definition) is 1. The van der Waals surface area contributed by atoms with Crippen LogP contribution in [0.15, 0.2) is 12.3 Å². The quantitative estimate of drug-likeness (QED) is 0.843. The molecule has 0 radical (unpaired) electrons. The largest absolute Gasteiger partial charge is 0.314 e. The van der Waals surface area contributed by atoms with E-state index in [-0.39, 0.29) is 21.1 Å². The van der Waals surface area contributed by atoms with Gasteiger partial charge in [-0.15, -0.1) is 0 Å². The zero-order chi connectivity index (χ0) is 8.27. The van der Waals surface area contributed by atoms with Crippen LogP contribution in [0.1, 0.15) is 5.69 Å². The maximum absolute atomic E-state index is 5.84. The molecule has 0 spiro atoms. The Balaban J connectivity index is 0.00000121. The molecule has 0 aliphatic heterocycles. The van der Waals surface area contributed by atoms with Gasteiger partial charge in [0.2, 0.25) is 0 Å². The third-order valence-corrected chi connectivity index (χ3v) is 2.09. The van der Waals surface area contributed by atoms with Gasteiger partial charge in [-0.05, 0) is 13.1 Å². The summed E-state index contributed by atoms with van der Waals surface area (Å²) in [5, 5.41) is 4.03. The van der Waals surface area contributed by atoms with Crippen molar-refractivity contribution in [1.82, 2.24) is 10.3 Å². The summed E-state index contributed by atoms with van der Waals surface area (Å²) in [6.07, 6.45) is 1.64. The summed E-state index contributed by atoms with van der Waals surface area (Å²) in [4.78, 5) is 4.05. The maximum Gasteiger partial charge on any atom is 0.0820 e. The van der Waals surface area contributed by atoms with Crippen LogP contribution < -0.4 is 5.32 Å². The van der Waals surface area contributed by atoms with Crippen LogP contribution in [0.2, 0.25) is 10.0 Å². The summed E-state index contributed by atoms with van der Waals surface area (Å²) in [5.41, 5.74) is 0.779. The average molecular weight is 386 g/mol. The molecule has 0 fully saturated rings. The molecule has 0 aromatic carbocycles. The van der Waals surface area contributed by atoms with Crippen molar-refractivity contribution in [2.24, 2.45) is 0 Å². The normalized spacial score (nSPS) is 9.25. The third-order valence-electron chi connectivity index (χ3n) is 1.26. The van der Waals surface area contributed by atoms with Crippen LogP contribution in [0, 0.1) is 0 Å². The van der Waals surface area contributed by atoms with Crippen LogP contribution in [0.5, 0.6) is 0 Å². The van der Waals surface area contributed by atoms with Gasteiger partial charge in [-0.25, -0.2) is 0 Å². The fraction of sp³-hybridized carbons (Fsp3) is 0.286. The third kappa shape index (κ3) is 3.02. The molecule has 12 heavy (non-hydrogen) atoms. The molecular weight excluding hydrogens is 378 g/mol. The fourth-order valence-corrected chi connectivity index (χ4v) is 1.10. The van der Waals surface area contributed by atoms with Gasteiger partial charge >= 0.3 is 0 Å². The predicted molar refractivity (Wildman–Crippen MR) is 47.0 cm³/mol. The predicted octanol–water partition coefficient (Wildman–Crippen LogP) is 2.11. The average Bonchev–Trinajstić information content (AvgIpc) is 1.99. The molecule has 1 N–H and O–H groups in total. The van der Waals surface area contributed by atoms with Crippen molar-refractivity contribution < 1.29 is 21.1 Å². The Morgan fingerprint density at radius 2 is 2.17 bits per heavy atom. The van der Waals surface area contributed by atoms with Crippen LogP contribution in [0.4, 0.5) is 0 Å². The number of nitrogens with one attached hydrogen (secondary N) is 1. The van der Waals surface area contributed by atoms with E-state index in [1.807, 2.05) is 7.05 Å². The molecule has 0 unspecified atom stereocenters. The number of pyridine rings is 1. The van der Waals surface area contributed by atoms with Crippen molar-refractivity contribution in [1.29, 1.82) is 0 Å². The van der Waals surface area contributed by atoms with Gasteiger partial charge in [0.1, 0.15) is 0 Å². The summed E-state index contributed by atoms with van der Waals surface area (Å²) in [6, 6.07) is 1.67. The Morgan fingerprint density at radius 1 is 1.50 bits per heavy atom. The minimum atomic E-state index is 0. The molecule has 2 nitrogen and oxygen atoms in total. The van der Waals surface area contributed by atoms with E-state index in [0.29, 0.717) is 16.6 Å². The molecule has 0 atom stereocenters. The Morgan fingerprint density at radius 3 is 2.75 bits per heavy atom. The summed E-state index contributed by atoms with van der Waals surface area (Å²) in [7, 11) is 1.83. The monoisotopic (exact) mass is 385 g/mol. The second kappa shape index (κ2) is 5.93. The van der Waals surface area contributed by atoms with Gasteiger partial charge in [0.15, 0.2) is 0 Å². The van der Waals surface area contributed by atoms with E-state index in [1.165, 1.54) is 0 Å². The molecule has 1 heterocycles. The molecule has 0 bridgehead atoms. The summed E-state index contributed by atoms with van der Waals surface area (Å²) < 4.78 is 0. The smallest absolute Gasteiger partial charge is 0.0820 e. The van der Waals surface area contributed by atoms with E-state index >= 15 is 0 Å². The number of aromatic nitrogens is 1. The van der Waals surface area contributed by atoms with E-state index in [9.17, 15) is 0 Å². The van der Waals surface area contributed by atoms with E-state index in [2.05, 4.69) is 10.3 Å². The summed E-state index contributed by atoms with van der Waals surface area (Å²) >= 11 is 11.6. The molecule has 0 aliphatic carbocycles. The summed E-state index contributed by atoms with van der Waals surface area (Å²) in [5.74, 6) is 0. The van der Waals surface area contributed by atoms with Crippen molar-refractivity contribution >= 4 is 23.2 Å². The molecule has 0 saturated carbocycles. The standard InChI is InChI=1S/C7H8Cl2N2.Pt/c1-10-4-6-7(9)5(8)2-3-11-6;/h2-3,10H,4H2,1H3;. The number of hydrogen-bond acceptors (Lipinski definition) is 2. The zero-order valence-electron chi connectivity index (χ0n) is 6.38. The molecule has 1 rings (SSSR count). The molecule has 1 aromatic heterocycles. The second-order valence-corrected chi connectivity index (χ2v) is 2.87. The summed E-state index contributed by atoms with van der Waals surface area (Å²) in [6.45, 7) is 0.638. The second-order valence-electron chi connectivity index (χ2n) is 2.08. The van der Waals surface area contributed by atoms with E-state index in [1.54, 1.807) is 12.3 Å². The van der Waals surface area contributed by atoms with Gasteiger partial charge in [0.05, 0.1) is 15.7 Å².